The first kappa shape index (κ1) is 23.4. The molecule has 1 aliphatic heterocycles. The maximum absolute atomic E-state index is 12.7. The monoisotopic (exact) mass is 445 g/mol. The second-order valence-corrected chi connectivity index (χ2v) is 9.44. The fourth-order valence-corrected chi connectivity index (χ4v) is 4.94. The second kappa shape index (κ2) is 10.9. The van der Waals surface area contributed by atoms with Crippen LogP contribution in [-0.2, 0) is 19.6 Å². The standard InChI is InChI=1S/C23H31N3O4S/c1-3-23(27)25-20-10-11-22(18(2)16-20)31(28,29)24-12-7-13-26-14-15-30-21(17-26)19-8-5-4-6-9-19/h4-6,8-11,16,21,24H,3,7,12-15,17H2,1-2H3,(H,25,27). The van der Waals surface area contributed by atoms with Crippen molar-refractivity contribution in [3.05, 3.63) is 59.7 Å². The highest BCUT2D eigenvalue weighted by Crippen LogP contribution is 2.22. The van der Waals surface area contributed by atoms with Crippen LogP contribution in [0.15, 0.2) is 53.4 Å². The van der Waals surface area contributed by atoms with Crippen molar-refractivity contribution >= 4 is 21.6 Å². The zero-order chi connectivity index (χ0) is 22.3. The number of hydrogen-bond donors (Lipinski definition) is 2. The number of rotatable bonds is 9. The smallest absolute Gasteiger partial charge is 0.240 e. The molecule has 0 aromatic heterocycles. The minimum absolute atomic E-state index is 0.0565. The molecule has 7 nitrogen and oxygen atoms in total. The van der Waals surface area contributed by atoms with Crippen molar-refractivity contribution in [3.63, 3.8) is 0 Å². The third kappa shape index (κ3) is 6.61. The summed E-state index contributed by atoms with van der Waals surface area (Å²) in [5.41, 5.74) is 2.37. The summed E-state index contributed by atoms with van der Waals surface area (Å²) >= 11 is 0. The number of hydrogen-bond acceptors (Lipinski definition) is 5. The number of nitrogens with one attached hydrogen (secondary N) is 2. The molecular weight excluding hydrogens is 414 g/mol. The Labute approximate surface area is 184 Å². The van der Waals surface area contributed by atoms with Crippen LogP contribution in [0.3, 0.4) is 0 Å². The molecule has 168 valence electrons. The summed E-state index contributed by atoms with van der Waals surface area (Å²) in [5, 5.41) is 2.75. The highest BCUT2D eigenvalue weighted by Gasteiger charge is 2.22. The molecule has 0 aliphatic carbocycles. The van der Waals surface area contributed by atoms with Crippen LogP contribution in [0.25, 0.3) is 0 Å². The number of carbonyl (C=O) groups excluding carboxylic acids is 1. The molecule has 1 aliphatic rings. The fourth-order valence-electron chi connectivity index (χ4n) is 3.64. The molecule has 2 aromatic rings. The van der Waals surface area contributed by atoms with E-state index in [4.69, 9.17) is 4.74 Å². The van der Waals surface area contributed by atoms with Crippen molar-refractivity contribution < 1.29 is 17.9 Å². The van der Waals surface area contributed by atoms with E-state index in [2.05, 4.69) is 27.1 Å². The van der Waals surface area contributed by atoms with Gasteiger partial charge in [0.15, 0.2) is 0 Å². The summed E-state index contributed by atoms with van der Waals surface area (Å²) in [7, 11) is -3.60. The van der Waals surface area contributed by atoms with Gasteiger partial charge in [-0.15, -0.1) is 0 Å². The van der Waals surface area contributed by atoms with Crippen LogP contribution in [0, 0.1) is 6.92 Å². The largest absolute Gasteiger partial charge is 0.371 e. The fraction of sp³-hybridized carbons (Fsp3) is 0.435. The van der Waals surface area contributed by atoms with E-state index >= 15 is 0 Å². The van der Waals surface area contributed by atoms with E-state index in [0.29, 0.717) is 37.2 Å². The second-order valence-electron chi connectivity index (χ2n) is 7.70. The van der Waals surface area contributed by atoms with Gasteiger partial charge in [-0.2, -0.15) is 0 Å². The molecule has 2 N–H and O–H groups in total. The number of anilines is 1. The lowest BCUT2D eigenvalue weighted by Gasteiger charge is -2.33. The molecule has 1 fully saturated rings. The van der Waals surface area contributed by atoms with Crippen molar-refractivity contribution in [2.45, 2.75) is 37.7 Å². The number of ether oxygens (including phenoxy) is 1. The van der Waals surface area contributed by atoms with Crippen molar-refractivity contribution in [2.75, 3.05) is 38.1 Å². The van der Waals surface area contributed by atoms with Gasteiger partial charge in [-0.1, -0.05) is 37.3 Å². The SMILES string of the molecule is CCC(=O)Nc1ccc(S(=O)(=O)NCCCN2CCOC(c3ccccc3)C2)c(C)c1. The Bertz CT molecular complexity index is 980. The summed E-state index contributed by atoms with van der Waals surface area (Å²) in [5.74, 6) is -0.106. The van der Waals surface area contributed by atoms with Crippen molar-refractivity contribution in [2.24, 2.45) is 0 Å². The Morgan fingerprint density at radius 2 is 1.97 bits per heavy atom. The molecule has 1 saturated heterocycles. The molecule has 1 atom stereocenters. The minimum atomic E-state index is -3.60. The average Bonchev–Trinajstić information content (AvgIpc) is 2.77. The zero-order valence-corrected chi connectivity index (χ0v) is 19.0. The Balaban J connectivity index is 1.49. The molecule has 1 amide bonds. The average molecular weight is 446 g/mol. The van der Waals surface area contributed by atoms with Gasteiger partial charge in [-0.05, 0) is 49.2 Å². The molecule has 31 heavy (non-hydrogen) atoms. The molecule has 1 unspecified atom stereocenters. The topological polar surface area (TPSA) is 87.7 Å². The minimum Gasteiger partial charge on any atom is -0.371 e. The van der Waals surface area contributed by atoms with E-state index in [1.54, 1.807) is 26.0 Å². The molecule has 0 bridgehead atoms. The quantitative estimate of drug-likeness (QED) is 0.579. The lowest BCUT2D eigenvalue weighted by molar-refractivity contribution is -0.115. The van der Waals surface area contributed by atoms with Gasteiger partial charge in [-0.3, -0.25) is 9.69 Å². The van der Waals surface area contributed by atoms with Crippen molar-refractivity contribution in [1.29, 1.82) is 0 Å². The van der Waals surface area contributed by atoms with Gasteiger partial charge < -0.3 is 10.1 Å². The Kier molecular flexibility index (Phi) is 8.20. The molecule has 0 saturated carbocycles. The van der Waals surface area contributed by atoms with E-state index in [1.807, 2.05) is 18.2 Å². The maximum atomic E-state index is 12.7. The third-order valence-corrected chi connectivity index (χ3v) is 6.96. The molecule has 0 spiro atoms. The molecule has 8 heteroatoms. The van der Waals surface area contributed by atoms with Gasteiger partial charge in [0.25, 0.3) is 0 Å². The van der Waals surface area contributed by atoms with Gasteiger partial charge in [-0.25, -0.2) is 13.1 Å². The number of nitrogens with zero attached hydrogens (tertiary/aromatic N) is 1. The molecule has 0 radical (unpaired) electrons. The number of carbonyl (C=O) groups is 1. The Morgan fingerprint density at radius 3 is 2.68 bits per heavy atom. The van der Waals surface area contributed by atoms with E-state index in [-0.39, 0.29) is 16.9 Å². The predicted molar refractivity (Wildman–Crippen MR) is 121 cm³/mol. The van der Waals surface area contributed by atoms with Gasteiger partial charge in [0, 0.05) is 31.7 Å². The lowest BCUT2D eigenvalue weighted by atomic mass is 10.1. The normalized spacial score (nSPS) is 17.4. The van der Waals surface area contributed by atoms with Crippen molar-refractivity contribution in [1.82, 2.24) is 9.62 Å². The van der Waals surface area contributed by atoms with E-state index < -0.39 is 10.0 Å². The highest BCUT2D eigenvalue weighted by atomic mass is 32.2. The Hall–Kier alpha value is -2.26. The van der Waals surface area contributed by atoms with Crippen LogP contribution in [0.4, 0.5) is 5.69 Å². The number of benzene rings is 2. The van der Waals surface area contributed by atoms with E-state index in [1.165, 1.54) is 11.6 Å². The summed E-state index contributed by atoms with van der Waals surface area (Å²) in [6.07, 6.45) is 1.14. The first-order valence-corrected chi connectivity index (χ1v) is 12.2. The van der Waals surface area contributed by atoms with Crippen LogP contribution in [0.5, 0.6) is 0 Å². The number of sulfonamides is 1. The third-order valence-electron chi connectivity index (χ3n) is 5.33. The van der Waals surface area contributed by atoms with Crippen LogP contribution in [0.2, 0.25) is 0 Å². The summed E-state index contributed by atoms with van der Waals surface area (Å²) in [6.45, 7) is 6.99. The molecular formula is C23H31N3O4S. The number of aryl methyl sites for hydroxylation is 1. The summed E-state index contributed by atoms with van der Waals surface area (Å²) < 4.78 is 34.0. The summed E-state index contributed by atoms with van der Waals surface area (Å²) in [4.78, 5) is 14.1. The lowest BCUT2D eigenvalue weighted by Crippen LogP contribution is -2.39. The first-order valence-electron chi connectivity index (χ1n) is 10.7. The molecule has 2 aromatic carbocycles. The number of morpholine rings is 1. The maximum Gasteiger partial charge on any atom is 0.240 e. The van der Waals surface area contributed by atoms with Gasteiger partial charge in [0.2, 0.25) is 15.9 Å². The van der Waals surface area contributed by atoms with Gasteiger partial charge in [0.05, 0.1) is 17.6 Å². The van der Waals surface area contributed by atoms with Crippen LogP contribution in [0.1, 0.15) is 37.0 Å². The van der Waals surface area contributed by atoms with Crippen LogP contribution >= 0.6 is 0 Å². The predicted octanol–water partition coefficient (Wildman–Crippen LogP) is 3.09. The van der Waals surface area contributed by atoms with Crippen LogP contribution in [-0.4, -0.2) is 52.0 Å². The summed E-state index contributed by atoms with van der Waals surface area (Å²) in [6, 6.07) is 15.0. The highest BCUT2D eigenvalue weighted by molar-refractivity contribution is 7.89. The van der Waals surface area contributed by atoms with Crippen molar-refractivity contribution in [3.8, 4) is 0 Å². The van der Waals surface area contributed by atoms with E-state index in [9.17, 15) is 13.2 Å². The van der Waals surface area contributed by atoms with Gasteiger partial charge >= 0.3 is 0 Å². The number of amides is 1. The van der Waals surface area contributed by atoms with Crippen LogP contribution < -0.4 is 10.0 Å². The van der Waals surface area contributed by atoms with E-state index in [0.717, 1.165) is 19.6 Å². The zero-order valence-electron chi connectivity index (χ0n) is 18.1. The van der Waals surface area contributed by atoms with Gasteiger partial charge in [0.1, 0.15) is 0 Å². The molecule has 3 rings (SSSR count). The Morgan fingerprint density at radius 1 is 1.19 bits per heavy atom. The first-order chi connectivity index (χ1) is 14.9. The molecule has 1 heterocycles.